The molecule has 1 fully saturated rings. The Morgan fingerprint density at radius 1 is 1.15 bits per heavy atom. The van der Waals surface area contributed by atoms with Gasteiger partial charge in [-0.1, -0.05) is 25.1 Å². The largest absolute Gasteiger partial charge is 0.319 e. The van der Waals surface area contributed by atoms with Crippen LogP contribution in [0, 0.1) is 11.8 Å². The van der Waals surface area contributed by atoms with Gasteiger partial charge in [0.2, 0.25) is 15.8 Å². The Kier molecular flexibility index (Phi) is 4.73. The lowest BCUT2D eigenvalue weighted by Crippen LogP contribution is -2.31. The van der Waals surface area contributed by atoms with Crippen molar-refractivity contribution in [1.82, 2.24) is 19.1 Å². The van der Waals surface area contributed by atoms with E-state index in [1.54, 1.807) is 4.31 Å². The number of rotatable bonds is 5. The molecule has 1 aromatic carbocycles. The quantitative estimate of drug-likeness (QED) is 0.833. The molecule has 0 spiro atoms. The topological polar surface area (TPSA) is 97.2 Å². The van der Waals surface area contributed by atoms with Crippen molar-refractivity contribution in [3.63, 3.8) is 0 Å². The zero-order chi connectivity index (χ0) is 19.0. The van der Waals surface area contributed by atoms with Crippen LogP contribution < -0.4 is 5.32 Å². The fourth-order valence-electron chi connectivity index (χ4n) is 3.97. The molecule has 8 nitrogen and oxygen atoms in total. The van der Waals surface area contributed by atoms with Crippen LogP contribution in [0.5, 0.6) is 0 Å². The summed E-state index contributed by atoms with van der Waals surface area (Å²) in [5.74, 6) is 1.34. The van der Waals surface area contributed by atoms with Gasteiger partial charge >= 0.3 is 0 Å². The minimum absolute atomic E-state index is 0.184. The number of carbonyl (C=O) groups is 1. The minimum Gasteiger partial charge on any atom is -0.319 e. The average molecular weight is 389 g/mol. The van der Waals surface area contributed by atoms with Crippen molar-refractivity contribution >= 4 is 21.6 Å². The van der Waals surface area contributed by atoms with Gasteiger partial charge in [-0.05, 0) is 30.4 Å². The van der Waals surface area contributed by atoms with Crippen LogP contribution in [-0.4, -0.2) is 52.2 Å². The Morgan fingerprint density at radius 3 is 2.63 bits per heavy atom. The smallest absolute Gasteiger partial charge is 0.293 e. The van der Waals surface area contributed by atoms with Gasteiger partial charge in [0.15, 0.2) is 0 Å². The number of hydrogen-bond donors (Lipinski definition) is 1. The predicted molar refractivity (Wildman–Crippen MR) is 101 cm³/mol. The Hall–Kier alpha value is -2.26. The summed E-state index contributed by atoms with van der Waals surface area (Å²) in [5.41, 5.74) is 0.700. The van der Waals surface area contributed by atoms with Crippen molar-refractivity contribution in [2.45, 2.75) is 26.3 Å². The third-order valence-corrected chi connectivity index (χ3v) is 7.33. The van der Waals surface area contributed by atoms with E-state index >= 15 is 0 Å². The molecule has 1 aromatic heterocycles. The third kappa shape index (κ3) is 3.49. The summed E-state index contributed by atoms with van der Waals surface area (Å²) in [6.07, 6.45) is 1.26. The van der Waals surface area contributed by atoms with Gasteiger partial charge in [-0.2, -0.15) is 0 Å². The second-order valence-electron chi connectivity index (χ2n) is 7.23. The minimum atomic E-state index is -3.20. The van der Waals surface area contributed by atoms with Crippen LogP contribution in [0.25, 0.3) is 0 Å². The molecule has 9 heteroatoms. The number of fused-ring (bicyclic) bond motifs is 2. The van der Waals surface area contributed by atoms with Gasteiger partial charge in [-0.15, -0.1) is 10.2 Å². The highest BCUT2D eigenvalue weighted by Crippen LogP contribution is 2.34. The van der Waals surface area contributed by atoms with E-state index in [1.807, 2.05) is 41.8 Å². The van der Waals surface area contributed by atoms with Crippen LogP contribution in [0.4, 0.5) is 5.69 Å². The molecule has 4 rings (SSSR count). The number of sulfonamides is 1. The van der Waals surface area contributed by atoms with Crippen LogP contribution in [0.2, 0.25) is 0 Å². The summed E-state index contributed by atoms with van der Waals surface area (Å²) in [7, 11) is -3.20. The molecule has 1 saturated heterocycles. The molecule has 0 bridgehead atoms. The molecule has 2 aliphatic rings. The van der Waals surface area contributed by atoms with Crippen molar-refractivity contribution in [3.05, 3.63) is 42.0 Å². The number of amides is 1. The number of benzene rings is 1. The van der Waals surface area contributed by atoms with Gasteiger partial charge in [-0.25, -0.2) is 12.7 Å². The van der Waals surface area contributed by atoms with Crippen LogP contribution in [0.15, 0.2) is 30.3 Å². The molecular weight excluding hydrogens is 366 g/mol. The first-order valence-corrected chi connectivity index (χ1v) is 10.8. The van der Waals surface area contributed by atoms with Crippen molar-refractivity contribution < 1.29 is 13.2 Å². The first-order valence-electron chi connectivity index (χ1n) is 9.24. The van der Waals surface area contributed by atoms with Crippen molar-refractivity contribution in [3.8, 4) is 0 Å². The van der Waals surface area contributed by atoms with Crippen molar-refractivity contribution in [1.29, 1.82) is 0 Å². The summed E-state index contributed by atoms with van der Waals surface area (Å²) in [6.45, 7) is 3.48. The SMILES string of the molecule is CCCS(=O)(=O)N1C[C@@H]2Cc3nnc(C(=O)Nc4ccccc4)n3C[C@@H]2C1. The van der Waals surface area contributed by atoms with Gasteiger partial charge in [0, 0.05) is 31.7 Å². The molecule has 1 N–H and O–H groups in total. The number of hydrogen-bond acceptors (Lipinski definition) is 5. The number of nitrogens with zero attached hydrogens (tertiary/aromatic N) is 4. The molecule has 0 saturated carbocycles. The average Bonchev–Trinajstić information content (AvgIpc) is 3.24. The van der Waals surface area contributed by atoms with Gasteiger partial charge in [-0.3, -0.25) is 4.79 Å². The molecule has 0 radical (unpaired) electrons. The molecule has 144 valence electrons. The molecule has 3 heterocycles. The number of carbonyl (C=O) groups excluding carboxylic acids is 1. The Morgan fingerprint density at radius 2 is 1.89 bits per heavy atom. The molecule has 2 aliphatic heterocycles. The maximum atomic E-state index is 12.6. The fourth-order valence-corrected chi connectivity index (χ4v) is 5.58. The lowest BCUT2D eigenvalue weighted by Gasteiger charge is -2.25. The Balaban J connectivity index is 1.50. The zero-order valence-corrected chi connectivity index (χ0v) is 16.0. The van der Waals surface area contributed by atoms with E-state index < -0.39 is 10.0 Å². The van der Waals surface area contributed by atoms with Gasteiger partial charge in [0.25, 0.3) is 5.91 Å². The summed E-state index contributed by atoms with van der Waals surface area (Å²) >= 11 is 0. The van der Waals surface area contributed by atoms with E-state index in [0.717, 1.165) is 5.82 Å². The van der Waals surface area contributed by atoms with E-state index in [9.17, 15) is 13.2 Å². The highest BCUT2D eigenvalue weighted by Gasteiger charge is 2.42. The highest BCUT2D eigenvalue weighted by molar-refractivity contribution is 7.89. The third-order valence-electron chi connectivity index (χ3n) is 5.32. The zero-order valence-electron chi connectivity index (χ0n) is 15.2. The lowest BCUT2D eigenvalue weighted by atomic mass is 9.89. The Labute approximate surface area is 158 Å². The summed E-state index contributed by atoms with van der Waals surface area (Å²) in [6, 6.07) is 9.21. The van der Waals surface area contributed by atoms with Gasteiger partial charge in [0.05, 0.1) is 5.75 Å². The normalized spacial score (nSPS) is 22.3. The molecule has 2 atom stereocenters. The lowest BCUT2D eigenvalue weighted by molar-refractivity contribution is 0.100. The fraction of sp³-hybridized carbons (Fsp3) is 0.500. The molecule has 27 heavy (non-hydrogen) atoms. The van der Waals surface area contributed by atoms with Crippen LogP contribution in [0.3, 0.4) is 0 Å². The van der Waals surface area contributed by atoms with E-state index in [-0.39, 0.29) is 29.3 Å². The van der Waals surface area contributed by atoms with Crippen molar-refractivity contribution in [2.75, 3.05) is 24.2 Å². The number of anilines is 1. The molecule has 0 unspecified atom stereocenters. The second kappa shape index (κ2) is 7.05. The van der Waals surface area contributed by atoms with E-state index in [4.69, 9.17) is 0 Å². The monoisotopic (exact) mass is 389 g/mol. The predicted octanol–water partition coefficient (Wildman–Crippen LogP) is 1.37. The highest BCUT2D eigenvalue weighted by atomic mass is 32.2. The van der Waals surface area contributed by atoms with E-state index in [0.29, 0.717) is 38.2 Å². The van der Waals surface area contributed by atoms with Gasteiger partial charge in [0.1, 0.15) is 5.82 Å². The standard InChI is InChI=1S/C18H23N5O3S/c1-2-8-27(25,26)22-10-13-9-16-20-21-17(23(16)12-14(13)11-22)18(24)19-15-6-4-3-5-7-15/h3-7,13-14H,2,8-12H2,1H3,(H,19,24)/t13-,14-/m0/s1. The molecule has 0 aliphatic carbocycles. The maximum Gasteiger partial charge on any atom is 0.293 e. The van der Waals surface area contributed by atoms with Crippen molar-refractivity contribution in [2.24, 2.45) is 11.8 Å². The van der Waals surface area contributed by atoms with Crippen LogP contribution in [0.1, 0.15) is 29.8 Å². The number of nitrogens with one attached hydrogen (secondary N) is 1. The Bertz CT molecular complexity index is 941. The van der Waals surface area contributed by atoms with Crippen LogP contribution >= 0.6 is 0 Å². The first-order chi connectivity index (χ1) is 13.0. The molecular formula is C18H23N5O3S. The van der Waals surface area contributed by atoms with Crippen LogP contribution in [-0.2, 0) is 23.0 Å². The van der Waals surface area contributed by atoms with E-state index in [1.165, 1.54) is 0 Å². The summed E-state index contributed by atoms with van der Waals surface area (Å²) in [5, 5.41) is 11.1. The number of para-hydroxylation sites is 1. The number of aromatic nitrogens is 3. The molecule has 1 amide bonds. The summed E-state index contributed by atoms with van der Waals surface area (Å²) in [4.78, 5) is 12.6. The maximum absolute atomic E-state index is 12.6. The molecule has 2 aromatic rings. The second-order valence-corrected chi connectivity index (χ2v) is 9.32. The first kappa shape index (κ1) is 18.1. The van der Waals surface area contributed by atoms with Gasteiger partial charge < -0.3 is 9.88 Å². The summed E-state index contributed by atoms with van der Waals surface area (Å²) < 4.78 is 28.2. The van der Waals surface area contributed by atoms with E-state index in [2.05, 4.69) is 15.5 Å².